The average molecular weight is 230 g/mol. The number of sulfone groups is 1. The minimum atomic E-state index is -3.50. The molecule has 3 nitrogen and oxygen atoms in total. The molecule has 1 aromatic rings. The molecule has 0 amide bonds. The van der Waals surface area contributed by atoms with Crippen LogP contribution >= 0.6 is 0 Å². The summed E-state index contributed by atoms with van der Waals surface area (Å²) >= 11 is 0. The molecule has 2 rings (SSSR count). The van der Waals surface area contributed by atoms with Crippen LogP contribution in [0.15, 0.2) is 23.1 Å². The summed E-state index contributed by atoms with van der Waals surface area (Å²) in [5.74, 6) is -0.655. The predicted molar refractivity (Wildman–Crippen MR) is 52.6 cm³/mol. The van der Waals surface area contributed by atoms with E-state index in [0.717, 1.165) is 6.26 Å². The van der Waals surface area contributed by atoms with Crippen molar-refractivity contribution in [3.8, 4) is 0 Å². The molecular weight excluding hydrogens is 219 g/mol. The molecule has 0 heterocycles. The van der Waals surface area contributed by atoms with E-state index in [9.17, 15) is 17.9 Å². The van der Waals surface area contributed by atoms with Gasteiger partial charge in [0, 0.05) is 11.8 Å². The molecule has 1 aliphatic rings. The highest BCUT2D eigenvalue weighted by atomic mass is 32.2. The zero-order valence-corrected chi connectivity index (χ0v) is 9.01. The maximum absolute atomic E-state index is 13.5. The minimum absolute atomic E-state index is 0.0764. The minimum Gasteiger partial charge on any atom is -0.385 e. The topological polar surface area (TPSA) is 54.4 Å². The van der Waals surface area contributed by atoms with E-state index in [1.54, 1.807) is 0 Å². The number of aliphatic hydroxyl groups is 1. The molecule has 1 aromatic carbocycles. The van der Waals surface area contributed by atoms with E-state index in [0.29, 0.717) is 12.8 Å². The smallest absolute Gasteiger partial charge is 0.176 e. The summed E-state index contributed by atoms with van der Waals surface area (Å²) in [5.41, 5.74) is -1.35. The van der Waals surface area contributed by atoms with Gasteiger partial charge in [-0.3, -0.25) is 0 Å². The largest absolute Gasteiger partial charge is 0.385 e. The van der Waals surface area contributed by atoms with Crippen molar-refractivity contribution in [1.29, 1.82) is 0 Å². The van der Waals surface area contributed by atoms with E-state index < -0.39 is 21.3 Å². The van der Waals surface area contributed by atoms with Crippen molar-refractivity contribution in [2.45, 2.75) is 23.3 Å². The molecule has 0 aliphatic heterocycles. The molecule has 0 unspecified atom stereocenters. The third-order valence-corrected chi connectivity index (χ3v) is 3.70. The van der Waals surface area contributed by atoms with Gasteiger partial charge in [0.05, 0.1) is 10.5 Å². The van der Waals surface area contributed by atoms with E-state index in [1.807, 2.05) is 0 Å². The van der Waals surface area contributed by atoms with Gasteiger partial charge in [0.15, 0.2) is 9.84 Å². The maximum Gasteiger partial charge on any atom is 0.176 e. The standard InChI is InChI=1S/C10H11FO3S/c1-15(13,14)8-4-2-3-7(11)9(8)10(12)5-6-10/h2-4,12H,5-6H2,1H3. The first-order valence-electron chi connectivity index (χ1n) is 4.56. The fraction of sp³-hybridized carbons (Fsp3) is 0.400. The molecule has 1 aliphatic carbocycles. The monoisotopic (exact) mass is 230 g/mol. The molecule has 0 atom stereocenters. The number of benzene rings is 1. The lowest BCUT2D eigenvalue weighted by atomic mass is 10.1. The first kappa shape index (κ1) is 10.6. The highest BCUT2D eigenvalue weighted by molar-refractivity contribution is 7.90. The third-order valence-electron chi connectivity index (χ3n) is 2.56. The van der Waals surface area contributed by atoms with Crippen LogP contribution in [0, 0.1) is 5.82 Å². The second-order valence-corrected chi connectivity index (χ2v) is 5.90. The molecule has 5 heteroatoms. The van der Waals surface area contributed by atoms with E-state index in [1.165, 1.54) is 18.2 Å². The summed E-state index contributed by atoms with van der Waals surface area (Å²) in [6.07, 6.45) is 1.84. The van der Waals surface area contributed by atoms with Crippen LogP contribution in [0.1, 0.15) is 18.4 Å². The Morgan fingerprint density at radius 2 is 2.00 bits per heavy atom. The van der Waals surface area contributed by atoms with Gasteiger partial charge in [-0.15, -0.1) is 0 Å². The van der Waals surface area contributed by atoms with Crippen LogP contribution in [0.3, 0.4) is 0 Å². The SMILES string of the molecule is CS(=O)(=O)c1cccc(F)c1C1(O)CC1. The summed E-state index contributed by atoms with van der Waals surface area (Å²) in [6, 6.07) is 3.82. The molecule has 1 fully saturated rings. The number of rotatable bonds is 2. The first-order chi connectivity index (χ1) is 6.84. The Kier molecular flexibility index (Phi) is 2.13. The summed E-state index contributed by atoms with van der Waals surface area (Å²) in [5, 5.41) is 9.82. The van der Waals surface area contributed by atoms with Gasteiger partial charge in [-0.25, -0.2) is 12.8 Å². The van der Waals surface area contributed by atoms with Gasteiger partial charge < -0.3 is 5.11 Å². The van der Waals surface area contributed by atoms with Gasteiger partial charge in [-0.05, 0) is 25.0 Å². The lowest BCUT2D eigenvalue weighted by Gasteiger charge is -2.13. The molecule has 0 saturated heterocycles. The van der Waals surface area contributed by atoms with Gasteiger partial charge in [-0.1, -0.05) is 6.07 Å². The van der Waals surface area contributed by atoms with Gasteiger partial charge in [0.25, 0.3) is 0 Å². The van der Waals surface area contributed by atoms with Crippen molar-refractivity contribution in [2.24, 2.45) is 0 Å². The zero-order chi connectivity index (χ0) is 11.3. The Labute approximate surface area is 87.5 Å². The van der Waals surface area contributed by atoms with Gasteiger partial charge in [0.2, 0.25) is 0 Å². The van der Waals surface area contributed by atoms with Crippen LogP contribution in [0.4, 0.5) is 4.39 Å². The summed E-state index contributed by atoms with van der Waals surface area (Å²) in [6.45, 7) is 0. The second-order valence-electron chi connectivity index (χ2n) is 3.92. The van der Waals surface area contributed by atoms with Crippen LogP contribution in [0.2, 0.25) is 0 Å². The highest BCUT2D eigenvalue weighted by Crippen LogP contribution is 2.48. The highest BCUT2D eigenvalue weighted by Gasteiger charge is 2.46. The van der Waals surface area contributed by atoms with E-state index in [2.05, 4.69) is 0 Å². The molecule has 0 aromatic heterocycles. The molecule has 82 valence electrons. The number of hydrogen-bond acceptors (Lipinski definition) is 3. The first-order valence-corrected chi connectivity index (χ1v) is 6.45. The Hall–Kier alpha value is -0.940. The zero-order valence-electron chi connectivity index (χ0n) is 8.20. The molecule has 0 bridgehead atoms. The van der Waals surface area contributed by atoms with E-state index >= 15 is 0 Å². The Balaban J connectivity index is 2.71. The van der Waals surface area contributed by atoms with Crippen LogP contribution in [0.25, 0.3) is 0 Å². The average Bonchev–Trinajstić information content (AvgIpc) is 2.82. The second kappa shape index (κ2) is 3.02. The molecule has 0 spiro atoms. The van der Waals surface area contributed by atoms with Crippen LogP contribution < -0.4 is 0 Å². The maximum atomic E-state index is 13.5. The van der Waals surface area contributed by atoms with Gasteiger partial charge in [-0.2, -0.15) is 0 Å². The predicted octanol–water partition coefficient (Wildman–Crippen LogP) is 1.21. The fourth-order valence-electron chi connectivity index (χ4n) is 1.63. The third kappa shape index (κ3) is 1.77. The molecule has 1 saturated carbocycles. The van der Waals surface area contributed by atoms with Gasteiger partial charge in [0.1, 0.15) is 5.82 Å². The van der Waals surface area contributed by atoms with Crippen molar-refractivity contribution >= 4 is 9.84 Å². The number of halogens is 1. The van der Waals surface area contributed by atoms with E-state index in [-0.39, 0.29) is 10.5 Å². The Bertz CT molecular complexity index is 503. The molecule has 1 N–H and O–H groups in total. The lowest BCUT2D eigenvalue weighted by molar-refractivity contribution is 0.143. The Morgan fingerprint density at radius 1 is 1.40 bits per heavy atom. The van der Waals surface area contributed by atoms with Crippen molar-refractivity contribution in [3.63, 3.8) is 0 Å². The van der Waals surface area contributed by atoms with Crippen LogP contribution in [-0.4, -0.2) is 19.8 Å². The Morgan fingerprint density at radius 3 is 2.47 bits per heavy atom. The van der Waals surface area contributed by atoms with Crippen LogP contribution in [0.5, 0.6) is 0 Å². The van der Waals surface area contributed by atoms with E-state index in [4.69, 9.17) is 0 Å². The molecule has 15 heavy (non-hydrogen) atoms. The van der Waals surface area contributed by atoms with Gasteiger partial charge >= 0.3 is 0 Å². The molecular formula is C10H11FO3S. The van der Waals surface area contributed by atoms with Crippen molar-refractivity contribution in [2.75, 3.05) is 6.26 Å². The normalized spacial score (nSPS) is 18.9. The lowest BCUT2D eigenvalue weighted by Crippen LogP contribution is -2.14. The summed E-state index contributed by atoms with van der Waals surface area (Å²) < 4.78 is 36.3. The molecule has 0 radical (unpaired) electrons. The van der Waals surface area contributed by atoms with Crippen molar-refractivity contribution < 1.29 is 17.9 Å². The summed E-state index contributed by atoms with van der Waals surface area (Å²) in [7, 11) is -3.50. The number of hydrogen-bond donors (Lipinski definition) is 1. The quantitative estimate of drug-likeness (QED) is 0.830. The van der Waals surface area contributed by atoms with Crippen molar-refractivity contribution in [3.05, 3.63) is 29.6 Å². The summed E-state index contributed by atoms with van der Waals surface area (Å²) in [4.78, 5) is -0.109. The van der Waals surface area contributed by atoms with Crippen molar-refractivity contribution in [1.82, 2.24) is 0 Å². The van der Waals surface area contributed by atoms with Crippen LogP contribution in [-0.2, 0) is 15.4 Å². The fourth-order valence-corrected chi connectivity index (χ4v) is 2.62.